The molecule has 0 bridgehead atoms. The average Bonchev–Trinajstić information content (AvgIpc) is 1.68. The number of hydrogen-bond acceptors (Lipinski definition) is 1. The fourth-order valence-electron chi connectivity index (χ4n) is 0.270. The monoisotopic (exact) mass is 127 g/mol. The molecule has 0 aromatic rings. The van der Waals surface area contributed by atoms with E-state index in [9.17, 15) is 0 Å². The minimum atomic E-state index is 0.231. The first-order valence-corrected chi connectivity index (χ1v) is 5.48. The Morgan fingerprint density at radius 2 is 2.29 bits per heavy atom. The average molecular weight is 127 g/mol. The van der Waals surface area contributed by atoms with Crippen molar-refractivity contribution in [2.75, 3.05) is 0 Å². The van der Waals surface area contributed by atoms with Crippen LogP contribution in [0.2, 0.25) is 5.79 Å². The molecule has 3 heteroatoms. The molecule has 0 aromatic carbocycles. The topological polar surface area (TPSA) is 9.23 Å². The fraction of sp³-hybridized carbons (Fsp3) is 0.750. The summed E-state index contributed by atoms with van der Waals surface area (Å²) in [4.78, 5) is 0.458. The Labute approximate surface area is 57.4 Å². The van der Waals surface area contributed by atoms with Crippen LogP contribution in [0.25, 0.3) is 0 Å². The maximum absolute atomic E-state index is 5.25. The molecule has 0 N–H and O–H groups in total. The molecule has 0 fully saturated rings. The third-order valence-corrected chi connectivity index (χ3v) is 2.52. The first-order chi connectivity index (χ1) is 3.31. The van der Waals surface area contributed by atoms with Crippen molar-refractivity contribution in [1.29, 1.82) is 0 Å². The SMILES string of the molecule is [CH2]=[Al][CH](C)[O][Al][CH3]. The second-order valence-corrected chi connectivity index (χ2v) is 3.47. The van der Waals surface area contributed by atoms with Crippen molar-refractivity contribution in [3.8, 4) is 0 Å². The Morgan fingerprint density at radius 1 is 1.71 bits per heavy atom. The third-order valence-electron chi connectivity index (χ3n) is 0.683. The first kappa shape index (κ1) is 7.89. The van der Waals surface area contributed by atoms with Gasteiger partial charge < -0.3 is 0 Å². The van der Waals surface area contributed by atoms with Crippen LogP contribution in [0, 0.1) is 0 Å². The Morgan fingerprint density at radius 3 is 2.43 bits per heavy atom. The Bertz CT molecular complexity index is 55.7. The van der Waals surface area contributed by atoms with Crippen LogP contribution in [0.3, 0.4) is 0 Å². The molecule has 0 aliphatic heterocycles. The first-order valence-electron chi connectivity index (χ1n) is 2.37. The van der Waals surface area contributed by atoms with Gasteiger partial charge in [-0.2, -0.15) is 0 Å². The van der Waals surface area contributed by atoms with Gasteiger partial charge in [0.2, 0.25) is 0 Å². The zero-order valence-electron chi connectivity index (χ0n) is 4.85. The van der Waals surface area contributed by atoms with Crippen molar-refractivity contribution >= 4 is 35.7 Å². The number of hydrogen-bond donors (Lipinski definition) is 0. The summed E-state index contributed by atoms with van der Waals surface area (Å²) < 4.78 is 5.25. The fourth-order valence-corrected chi connectivity index (χ4v) is 1.62. The summed E-state index contributed by atoms with van der Waals surface area (Å²) in [6.07, 6.45) is 0. The van der Waals surface area contributed by atoms with Gasteiger partial charge >= 0.3 is 57.2 Å². The molecule has 1 unspecified atom stereocenters. The molecule has 0 saturated carbocycles. The van der Waals surface area contributed by atoms with Crippen molar-refractivity contribution < 1.29 is 3.79 Å². The molecular weight excluding hydrogens is 118 g/mol. The molecule has 1 atom stereocenters. The van der Waals surface area contributed by atoms with Gasteiger partial charge in [-0.1, -0.05) is 0 Å². The van der Waals surface area contributed by atoms with Crippen molar-refractivity contribution in [3.05, 3.63) is 0 Å². The van der Waals surface area contributed by atoms with E-state index in [1.807, 2.05) is 0 Å². The van der Waals surface area contributed by atoms with Crippen molar-refractivity contribution in [3.63, 3.8) is 0 Å². The van der Waals surface area contributed by atoms with Crippen LogP contribution >= 0.6 is 0 Å². The van der Waals surface area contributed by atoms with Gasteiger partial charge in [0.05, 0.1) is 0 Å². The second-order valence-electron chi connectivity index (χ2n) is 1.31. The van der Waals surface area contributed by atoms with Crippen LogP contribution in [0.1, 0.15) is 6.92 Å². The molecule has 37 valence electrons. The maximum atomic E-state index is 5.25. The van der Waals surface area contributed by atoms with Crippen molar-refractivity contribution in [1.82, 2.24) is 0 Å². The van der Waals surface area contributed by atoms with Gasteiger partial charge in [0, 0.05) is 0 Å². The van der Waals surface area contributed by atoms with Crippen molar-refractivity contribution in [2.45, 2.75) is 17.7 Å². The molecular formula is C4H9Al2O. The van der Waals surface area contributed by atoms with Gasteiger partial charge in [-0.25, -0.2) is 0 Å². The molecule has 0 aromatic heterocycles. The van der Waals surface area contributed by atoms with Gasteiger partial charge in [0.1, 0.15) is 0 Å². The predicted molar refractivity (Wildman–Crippen MR) is 35.0 cm³/mol. The Kier molecular flexibility index (Phi) is 5.68. The van der Waals surface area contributed by atoms with Crippen LogP contribution in [0.15, 0.2) is 0 Å². The van der Waals surface area contributed by atoms with E-state index in [-0.39, 0.29) is 30.3 Å². The zero-order chi connectivity index (χ0) is 5.70. The molecule has 0 saturated heterocycles. The molecule has 7 heavy (non-hydrogen) atoms. The summed E-state index contributed by atoms with van der Waals surface area (Å²) in [7, 11) is 0. The molecule has 0 rings (SSSR count). The Hall–Kier alpha value is 0.895. The van der Waals surface area contributed by atoms with Gasteiger partial charge in [0.25, 0.3) is 0 Å². The van der Waals surface area contributed by atoms with E-state index in [0.717, 1.165) is 0 Å². The van der Waals surface area contributed by atoms with Gasteiger partial charge in [-0.3, -0.25) is 0 Å². The van der Waals surface area contributed by atoms with Crippen LogP contribution < -0.4 is 0 Å². The molecule has 0 aliphatic carbocycles. The van der Waals surface area contributed by atoms with Crippen LogP contribution in [-0.4, -0.2) is 40.7 Å². The molecule has 0 aliphatic rings. The van der Waals surface area contributed by atoms with Crippen LogP contribution in [-0.2, 0) is 3.79 Å². The van der Waals surface area contributed by atoms with Gasteiger partial charge in [-0.15, -0.1) is 0 Å². The third kappa shape index (κ3) is 4.75. The normalized spacial score (nSPS) is 12.3. The summed E-state index contributed by atoms with van der Waals surface area (Å²) >= 11 is 0.513. The Balaban J connectivity index is 2.98. The van der Waals surface area contributed by atoms with Gasteiger partial charge in [-0.05, 0) is 0 Å². The van der Waals surface area contributed by atoms with Gasteiger partial charge in [0.15, 0.2) is 0 Å². The number of rotatable bonds is 3. The van der Waals surface area contributed by atoms with E-state index >= 15 is 0 Å². The van der Waals surface area contributed by atoms with E-state index in [2.05, 4.69) is 18.1 Å². The standard InChI is InChI=1S/C2H4O.CH3.CH2.2Al/c1-2-3;;;;/h2H,1H3;1H3;1H2;;/q-1;;;;+1. The van der Waals surface area contributed by atoms with E-state index in [1.165, 1.54) is 0 Å². The van der Waals surface area contributed by atoms with E-state index < -0.39 is 0 Å². The predicted octanol–water partition coefficient (Wildman–Crippen LogP) is 0.152. The molecule has 1 radical (unpaired) electrons. The summed E-state index contributed by atoms with van der Waals surface area (Å²) in [5, 5.41) is 3.78. The molecule has 1 nitrogen and oxygen atoms in total. The van der Waals surface area contributed by atoms with E-state index in [0.29, 0.717) is 4.97 Å². The van der Waals surface area contributed by atoms with Crippen molar-refractivity contribution in [2.24, 2.45) is 0 Å². The quantitative estimate of drug-likeness (QED) is 0.490. The minimum absolute atomic E-state index is 0.231. The summed E-state index contributed by atoms with van der Waals surface area (Å²) in [5.41, 5.74) is 0. The van der Waals surface area contributed by atoms with E-state index in [1.54, 1.807) is 0 Å². The summed E-state index contributed by atoms with van der Waals surface area (Å²) in [6.45, 7) is 2.08. The molecule has 0 amide bonds. The summed E-state index contributed by atoms with van der Waals surface area (Å²) in [6, 6.07) is 0. The van der Waals surface area contributed by atoms with Crippen LogP contribution in [0.5, 0.6) is 0 Å². The van der Waals surface area contributed by atoms with E-state index in [4.69, 9.17) is 3.79 Å². The molecule has 0 heterocycles. The van der Waals surface area contributed by atoms with Crippen LogP contribution in [0.4, 0.5) is 0 Å². The zero-order valence-corrected chi connectivity index (χ0v) is 7.16. The molecule has 0 spiro atoms. The second kappa shape index (κ2) is 5.04. The summed E-state index contributed by atoms with van der Waals surface area (Å²) in [5.74, 6) is 2.09.